The Labute approximate surface area is 146 Å². The van der Waals surface area contributed by atoms with Crippen LogP contribution < -0.4 is 4.74 Å². The molecule has 2 atom stereocenters. The lowest BCUT2D eigenvalue weighted by Gasteiger charge is -2.37. The normalized spacial score (nSPS) is 26.5. The minimum Gasteiger partial charge on any atom is -0.489 e. The second-order valence-corrected chi connectivity index (χ2v) is 8.42. The molecule has 2 saturated heterocycles. The van der Waals surface area contributed by atoms with Gasteiger partial charge in [0.05, 0.1) is 11.1 Å². The molecule has 2 bridgehead atoms. The molecule has 25 heavy (non-hydrogen) atoms. The molecule has 0 radical (unpaired) electrons. The van der Waals surface area contributed by atoms with E-state index in [1.807, 2.05) is 12.1 Å². The molecule has 1 aromatic heterocycles. The molecule has 0 amide bonds. The summed E-state index contributed by atoms with van der Waals surface area (Å²) in [5.41, 5.74) is 0. The summed E-state index contributed by atoms with van der Waals surface area (Å²) < 4.78 is 47.0. The van der Waals surface area contributed by atoms with Crippen LogP contribution in [-0.4, -0.2) is 35.9 Å². The number of aromatic nitrogens is 1. The molecule has 5 nitrogen and oxygen atoms in total. The van der Waals surface area contributed by atoms with Gasteiger partial charge < -0.3 is 4.74 Å². The molecule has 2 aliphatic rings. The molecular formula is C18H19FN2O3S. The lowest BCUT2D eigenvalue weighted by molar-refractivity contribution is 0.0953. The Morgan fingerprint density at radius 1 is 1.12 bits per heavy atom. The van der Waals surface area contributed by atoms with E-state index in [2.05, 4.69) is 4.98 Å². The van der Waals surface area contributed by atoms with E-state index in [1.165, 1.54) is 18.2 Å². The summed E-state index contributed by atoms with van der Waals surface area (Å²) in [5.74, 6) is 0.163. The Hall–Kier alpha value is -1.99. The zero-order valence-electron chi connectivity index (χ0n) is 13.6. The number of ether oxygens (including phenoxy) is 1. The molecule has 2 aromatic rings. The number of hydrogen-bond acceptors (Lipinski definition) is 4. The number of piperidine rings is 1. The van der Waals surface area contributed by atoms with Gasteiger partial charge in [0.2, 0.25) is 10.0 Å². The molecule has 2 fully saturated rings. The molecule has 1 aromatic carbocycles. The van der Waals surface area contributed by atoms with Gasteiger partial charge in [-0.15, -0.1) is 0 Å². The second kappa shape index (κ2) is 6.38. The highest BCUT2D eigenvalue weighted by atomic mass is 32.2. The number of rotatable bonds is 4. The first-order valence-electron chi connectivity index (χ1n) is 8.40. The van der Waals surface area contributed by atoms with Crippen molar-refractivity contribution in [2.24, 2.45) is 0 Å². The number of pyridine rings is 1. The third-order valence-electron chi connectivity index (χ3n) is 4.93. The molecule has 2 aliphatic heterocycles. The molecule has 0 spiro atoms. The molecule has 2 unspecified atom stereocenters. The standard InChI is InChI=1S/C18H19FN2O3S/c19-13-3-1-5-18(9-13)25(22,23)21-14-6-7-15(21)11-17(10-14)24-16-4-2-8-20-12-16/h1-5,8-9,12,14-15,17H,6-7,10-11H2. The van der Waals surface area contributed by atoms with Crippen molar-refractivity contribution in [3.63, 3.8) is 0 Å². The van der Waals surface area contributed by atoms with Gasteiger partial charge in [0.25, 0.3) is 0 Å². The van der Waals surface area contributed by atoms with Crippen molar-refractivity contribution in [2.45, 2.75) is 48.8 Å². The highest BCUT2D eigenvalue weighted by Gasteiger charge is 2.47. The van der Waals surface area contributed by atoms with Crippen LogP contribution in [0.25, 0.3) is 0 Å². The van der Waals surface area contributed by atoms with Crippen LogP contribution in [-0.2, 0) is 10.0 Å². The molecule has 7 heteroatoms. The van der Waals surface area contributed by atoms with Crippen molar-refractivity contribution < 1.29 is 17.5 Å². The van der Waals surface area contributed by atoms with Gasteiger partial charge in [-0.1, -0.05) is 6.07 Å². The number of sulfonamides is 1. The van der Waals surface area contributed by atoms with Gasteiger partial charge in [-0.3, -0.25) is 4.98 Å². The Balaban J connectivity index is 1.54. The fraction of sp³-hybridized carbons (Fsp3) is 0.389. The summed E-state index contributed by atoms with van der Waals surface area (Å²) in [4.78, 5) is 4.06. The molecule has 0 saturated carbocycles. The van der Waals surface area contributed by atoms with Gasteiger partial charge in [-0.05, 0) is 43.2 Å². The maximum atomic E-state index is 13.5. The molecule has 3 heterocycles. The lowest BCUT2D eigenvalue weighted by Crippen LogP contribution is -2.49. The number of halogens is 1. The first-order valence-corrected chi connectivity index (χ1v) is 9.84. The van der Waals surface area contributed by atoms with Crippen molar-refractivity contribution in [3.05, 3.63) is 54.6 Å². The summed E-state index contributed by atoms with van der Waals surface area (Å²) >= 11 is 0. The van der Waals surface area contributed by atoms with Crippen LogP contribution in [0.3, 0.4) is 0 Å². The highest BCUT2D eigenvalue weighted by Crippen LogP contribution is 2.40. The van der Waals surface area contributed by atoms with Gasteiger partial charge >= 0.3 is 0 Å². The van der Waals surface area contributed by atoms with Crippen molar-refractivity contribution in [3.8, 4) is 5.75 Å². The van der Waals surface area contributed by atoms with E-state index in [0.29, 0.717) is 18.6 Å². The van der Waals surface area contributed by atoms with Crippen LogP contribution >= 0.6 is 0 Å². The predicted octanol–water partition coefficient (Wildman–Crippen LogP) is 2.98. The van der Waals surface area contributed by atoms with E-state index in [4.69, 9.17) is 4.74 Å². The Morgan fingerprint density at radius 2 is 1.88 bits per heavy atom. The summed E-state index contributed by atoms with van der Waals surface area (Å²) in [5, 5.41) is 0. The minimum atomic E-state index is -3.69. The van der Waals surface area contributed by atoms with E-state index in [1.54, 1.807) is 16.7 Å². The van der Waals surface area contributed by atoms with Crippen molar-refractivity contribution in [1.29, 1.82) is 0 Å². The van der Waals surface area contributed by atoms with Crippen LogP contribution in [0, 0.1) is 5.82 Å². The average Bonchev–Trinajstić information content (AvgIpc) is 2.88. The van der Waals surface area contributed by atoms with Crippen molar-refractivity contribution in [2.75, 3.05) is 0 Å². The van der Waals surface area contributed by atoms with E-state index in [-0.39, 0.29) is 23.1 Å². The average molecular weight is 362 g/mol. The van der Waals surface area contributed by atoms with Crippen LogP contribution in [0.15, 0.2) is 53.7 Å². The second-order valence-electron chi connectivity index (χ2n) is 6.58. The fourth-order valence-electron chi connectivity index (χ4n) is 3.93. The number of nitrogens with zero attached hydrogens (tertiary/aromatic N) is 2. The lowest BCUT2D eigenvalue weighted by atomic mass is 10.0. The monoisotopic (exact) mass is 362 g/mol. The van der Waals surface area contributed by atoms with Crippen molar-refractivity contribution in [1.82, 2.24) is 9.29 Å². The molecule has 0 aliphatic carbocycles. The largest absolute Gasteiger partial charge is 0.489 e. The summed E-state index contributed by atoms with van der Waals surface area (Å²) in [6.07, 6.45) is 6.22. The first kappa shape index (κ1) is 16.5. The van der Waals surface area contributed by atoms with Gasteiger partial charge in [0, 0.05) is 31.1 Å². The molecule has 132 valence electrons. The predicted molar refractivity (Wildman–Crippen MR) is 90.1 cm³/mol. The van der Waals surface area contributed by atoms with E-state index in [0.717, 1.165) is 18.9 Å². The third kappa shape index (κ3) is 3.14. The zero-order valence-corrected chi connectivity index (χ0v) is 14.4. The summed E-state index contributed by atoms with van der Waals surface area (Å²) in [6.45, 7) is 0. The fourth-order valence-corrected chi connectivity index (χ4v) is 5.85. The van der Waals surface area contributed by atoms with E-state index in [9.17, 15) is 12.8 Å². The van der Waals surface area contributed by atoms with E-state index >= 15 is 0 Å². The molecule has 0 N–H and O–H groups in total. The third-order valence-corrected chi connectivity index (χ3v) is 6.93. The minimum absolute atomic E-state index is 0.0241. The maximum absolute atomic E-state index is 13.5. The van der Waals surface area contributed by atoms with Crippen LogP contribution in [0.1, 0.15) is 25.7 Å². The topological polar surface area (TPSA) is 59.5 Å². The SMILES string of the molecule is O=S(=O)(c1cccc(F)c1)N1C2CCC1CC(Oc1cccnc1)C2. The van der Waals surface area contributed by atoms with Crippen LogP contribution in [0.5, 0.6) is 5.75 Å². The van der Waals surface area contributed by atoms with Gasteiger partial charge in [0.1, 0.15) is 17.7 Å². The van der Waals surface area contributed by atoms with Gasteiger partial charge in [-0.2, -0.15) is 4.31 Å². The summed E-state index contributed by atoms with van der Waals surface area (Å²) in [6, 6.07) is 8.69. The number of hydrogen-bond donors (Lipinski definition) is 0. The molecule has 4 rings (SSSR count). The smallest absolute Gasteiger partial charge is 0.243 e. The van der Waals surface area contributed by atoms with Gasteiger partial charge in [-0.25, -0.2) is 12.8 Å². The number of benzene rings is 1. The van der Waals surface area contributed by atoms with E-state index < -0.39 is 15.8 Å². The van der Waals surface area contributed by atoms with Gasteiger partial charge in [0.15, 0.2) is 0 Å². The maximum Gasteiger partial charge on any atom is 0.243 e. The van der Waals surface area contributed by atoms with Crippen molar-refractivity contribution >= 4 is 10.0 Å². The number of fused-ring (bicyclic) bond motifs is 2. The Morgan fingerprint density at radius 3 is 2.52 bits per heavy atom. The Kier molecular flexibility index (Phi) is 4.21. The van der Waals surface area contributed by atoms with Crippen LogP contribution in [0.2, 0.25) is 0 Å². The molecular weight excluding hydrogens is 343 g/mol. The van der Waals surface area contributed by atoms with Crippen LogP contribution in [0.4, 0.5) is 4.39 Å². The quantitative estimate of drug-likeness (QED) is 0.839. The summed E-state index contributed by atoms with van der Waals surface area (Å²) in [7, 11) is -3.69. The Bertz CT molecular complexity index is 846. The zero-order chi connectivity index (χ0) is 17.4. The highest BCUT2D eigenvalue weighted by molar-refractivity contribution is 7.89. The first-order chi connectivity index (χ1) is 12.0.